The molecule has 0 radical (unpaired) electrons. The fourth-order valence-corrected chi connectivity index (χ4v) is 2.14. The van der Waals surface area contributed by atoms with E-state index in [1.54, 1.807) is 7.05 Å². The van der Waals surface area contributed by atoms with Gasteiger partial charge >= 0.3 is 0 Å². The number of halogens is 1. The first-order valence-electron chi connectivity index (χ1n) is 7.71. The number of aliphatic imine (C=N–C) groups is 1. The molecule has 22 heavy (non-hydrogen) atoms. The molecule has 1 aromatic carbocycles. The van der Waals surface area contributed by atoms with Crippen molar-refractivity contribution in [2.75, 3.05) is 32.1 Å². The molecule has 6 heteroatoms. The highest BCUT2D eigenvalue weighted by molar-refractivity contribution is 14.0. The number of anilines is 1. The van der Waals surface area contributed by atoms with Gasteiger partial charge in [-0.15, -0.1) is 24.0 Å². The van der Waals surface area contributed by atoms with E-state index in [0.717, 1.165) is 42.5 Å². The van der Waals surface area contributed by atoms with Gasteiger partial charge in [0.15, 0.2) is 17.5 Å². The first kappa shape index (κ1) is 18.9. The Labute approximate surface area is 149 Å². The normalized spacial score (nSPS) is 13.8. The maximum atomic E-state index is 5.69. The first-order chi connectivity index (χ1) is 10.3. The van der Waals surface area contributed by atoms with Crippen LogP contribution >= 0.6 is 24.0 Å². The molecule has 2 rings (SSSR count). The number of nitrogens with one attached hydrogen (secondary N) is 2. The van der Waals surface area contributed by atoms with Gasteiger partial charge in [0.05, 0.1) is 13.2 Å². The molecule has 1 aromatic rings. The van der Waals surface area contributed by atoms with Gasteiger partial charge in [0.1, 0.15) is 0 Å². The number of guanidine groups is 1. The number of nitrogens with zero attached hydrogens (tertiary/aromatic N) is 1. The minimum absolute atomic E-state index is 0. The minimum atomic E-state index is 0. The molecule has 1 heterocycles. The summed E-state index contributed by atoms with van der Waals surface area (Å²) < 4.78 is 11.3. The van der Waals surface area contributed by atoms with Crippen molar-refractivity contribution in [2.24, 2.45) is 4.99 Å². The van der Waals surface area contributed by atoms with Crippen molar-refractivity contribution < 1.29 is 9.47 Å². The van der Waals surface area contributed by atoms with E-state index < -0.39 is 0 Å². The number of rotatable bonds is 5. The molecular weight excluding hydrogens is 393 g/mol. The lowest BCUT2D eigenvalue weighted by atomic mass is 10.2. The Morgan fingerprint density at radius 3 is 2.68 bits per heavy atom. The summed E-state index contributed by atoms with van der Waals surface area (Å²) in [7, 11) is 1.78. The zero-order chi connectivity index (χ0) is 14.9. The predicted octanol–water partition coefficient (Wildman–Crippen LogP) is 3.64. The van der Waals surface area contributed by atoms with E-state index in [9.17, 15) is 0 Å². The fraction of sp³-hybridized carbons (Fsp3) is 0.562. The summed E-state index contributed by atoms with van der Waals surface area (Å²) in [4.78, 5) is 4.23. The zero-order valence-electron chi connectivity index (χ0n) is 13.4. The van der Waals surface area contributed by atoms with Crippen LogP contribution in [-0.4, -0.2) is 32.8 Å². The topological polar surface area (TPSA) is 54.9 Å². The smallest absolute Gasteiger partial charge is 0.195 e. The van der Waals surface area contributed by atoms with Crippen LogP contribution in [0.15, 0.2) is 23.2 Å². The summed E-state index contributed by atoms with van der Waals surface area (Å²) in [5, 5.41) is 6.59. The SMILES string of the molecule is CCCCCNC(=NC)Nc1ccc2c(c1)OCCCO2.I. The van der Waals surface area contributed by atoms with Crippen LogP contribution in [-0.2, 0) is 0 Å². The summed E-state index contributed by atoms with van der Waals surface area (Å²) in [6, 6.07) is 5.87. The number of ether oxygens (including phenoxy) is 2. The monoisotopic (exact) mass is 419 g/mol. The van der Waals surface area contributed by atoms with Crippen molar-refractivity contribution in [2.45, 2.75) is 32.6 Å². The molecule has 0 aromatic heterocycles. The van der Waals surface area contributed by atoms with E-state index in [4.69, 9.17) is 9.47 Å². The fourth-order valence-electron chi connectivity index (χ4n) is 2.14. The van der Waals surface area contributed by atoms with Crippen molar-refractivity contribution in [3.63, 3.8) is 0 Å². The number of hydrogen-bond acceptors (Lipinski definition) is 3. The van der Waals surface area contributed by atoms with Crippen molar-refractivity contribution in [3.05, 3.63) is 18.2 Å². The number of hydrogen-bond donors (Lipinski definition) is 2. The molecule has 0 fully saturated rings. The van der Waals surface area contributed by atoms with Crippen molar-refractivity contribution in [1.82, 2.24) is 5.32 Å². The molecule has 0 atom stereocenters. The van der Waals surface area contributed by atoms with Gasteiger partial charge in [-0.1, -0.05) is 19.8 Å². The zero-order valence-corrected chi connectivity index (χ0v) is 15.7. The van der Waals surface area contributed by atoms with Gasteiger partial charge in [-0.25, -0.2) is 0 Å². The Kier molecular flexibility index (Phi) is 9.03. The van der Waals surface area contributed by atoms with Crippen LogP contribution in [0.4, 0.5) is 5.69 Å². The molecule has 5 nitrogen and oxygen atoms in total. The lowest BCUT2D eigenvalue weighted by Gasteiger charge is -2.13. The average molecular weight is 419 g/mol. The summed E-state index contributed by atoms with van der Waals surface area (Å²) >= 11 is 0. The average Bonchev–Trinajstić information content (AvgIpc) is 2.75. The molecule has 0 bridgehead atoms. The number of fused-ring (bicyclic) bond motifs is 1. The van der Waals surface area contributed by atoms with Gasteiger partial charge < -0.3 is 20.1 Å². The van der Waals surface area contributed by atoms with Crippen LogP contribution in [0.25, 0.3) is 0 Å². The van der Waals surface area contributed by atoms with Crippen LogP contribution in [0, 0.1) is 0 Å². The maximum Gasteiger partial charge on any atom is 0.195 e. The van der Waals surface area contributed by atoms with E-state index in [1.807, 2.05) is 18.2 Å². The van der Waals surface area contributed by atoms with Crippen molar-refractivity contribution >= 4 is 35.6 Å². The highest BCUT2D eigenvalue weighted by atomic mass is 127. The van der Waals surface area contributed by atoms with E-state index in [2.05, 4.69) is 22.5 Å². The van der Waals surface area contributed by atoms with Gasteiger partial charge in [-0.2, -0.15) is 0 Å². The molecule has 2 N–H and O–H groups in total. The highest BCUT2D eigenvalue weighted by Crippen LogP contribution is 2.32. The summed E-state index contributed by atoms with van der Waals surface area (Å²) in [5.41, 5.74) is 0.947. The van der Waals surface area contributed by atoms with Gasteiger partial charge in [0.25, 0.3) is 0 Å². The Hall–Kier alpha value is -1.18. The Morgan fingerprint density at radius 2 is 1.95 bits per heavy atom. The second-order valence-electron chi connectivity index (χ2n) is 5.04. The lowest BCUT2D eigenvalue weighted by molar-refractivity contribution is 0.297. The van der Waals surface area contributed by atoms with E-state index in [-0.39, 0.29) is 24.0 Å². The first-order valence-corrected chi connectivity index (χ1v) is 7.71. The molecular formula is C16H26IN3O2. The number of unbranched alkanes of at least 4 members (excludes halogenated alkanes) is 2. The number of benzene rings is 1. The van der Waals surface area contributed by atoms with Gasteiger partial charge in [-0.3, -0.25) is 4.99 Å². The third-order valence-corrected chi connectivity index (χ3v) is 3.31. The second-order valence-corrected chi connectivity index (χ2v) is 5.04. The quantitative estimate of drug-likeness (QED) is 0.331. The predicted molar refractivity (Wildman–Crippen MR) is 102 cm³/mol. The van der Waals surface area contributed by atoms with Crippen LogP contribution in [0.3, 0.4) is 0 Å². The van der Waals surface area contributed by atoms with Crippen molar-refractivity contribution in [3.8, 4) is 11.5 Å². The standard InChI is InChI=1S/C16H25N3O2.HI/c1-3-4-5-9-18-16(17-2)19-13-7-8-14-15(12-13)21-11-6-10-20-14;/h7-8,12H,3-6,9-11H2,1-2H3,(H2,17,18,19);1H. The summed E-state index contributed by atoms with van der Waals surface area (Å²) in [5.74, 6) is 2.38. The largest absolute Gasteiger partial charge is 0.490 e. The Morgan fingerprint density at radius 1 is 1.18 bits per heavy atom. The summed E-state index contributed by atoms with van der Waals surface area (Å²) in [6.07, 6.45) is 4.51. The third kappa shape index (κ3) is 5.90. The molecule has 0 amide bonds. The highest BCUT2D eigenvalue weighted by Gasteiger charge is 2.11. The van der Waals surface area contributed by atoms with Gasteiger partial charge in [0.2, 0.25) is 0 Å². The second kappa shape index (κ2) is 10.5. The van der Waals surface area contributed by atoms with Crippen LogP contribution < -0.4 is 20.1 Å². The van der Waals surface area contributed by atoms with E-state index in [0.29, 0.717) is 13.2 Å². The summed E-state index contributed by atoms with van der Waals surface area (Å²) in [6.45, 7) is 4.53. The molecule has 1 aliphatic heterocycles. The molecule has 0 unspecified atom stereocenters. The van der Waals surface area contributed by atoms with E-state index >= 15 is 0 Å². The molecule has 1 aliphatic rings. The molecule has 0 saturated heterocycles. The van der Waals surface area contributed by atoms with E-state index in [1.165, 1.54) is 12.8 Å². The Balaban J connectivity index is 0.00000242. The third-order valence-electron chi connectivity index (χ3n) is 3.31. The lowest BCUT2D eigenvalue weighted by Crippen LogP contribution is -2.31. The van der Waals surface area contributed by atoms with Gasteiger partial charge in [-0.05, 0) is 18.6 Å². The molecule has 0 saturated carbocycles. The molecule has 0 spiro atoms. The maximum absolute atomic E-state index is 5.69. The minimum Gasteiger partial charge on any atom is -0.490 e. The van der Waals surface area contributed by atoms with Crippen LogP contribution in [0.5, 0.6) is 11.5 Å². The van der Waals surface area contributed by atoms with Crippen molar-refractivity contribution in [1.29, 1.82) is 0 Å². The van der Waals surface area contributed by atoms with Crippen LogP contribution in [0.1, 0.15) is 32.6 Å². The molecule has 0 aliphatic carbocycles. The van der Waals surface area contributed by atoms with Crippen LogP contribution in [0.2, 0.25) is 0 Å². The molecule has 124 valence electrons. The van der Waals surface area contributed by atoms with Gasteiger partial charge in [0, 0.05) is 31.8 Å². The Bertz CT molecular complexity index is 480.